The standard InChI is InChI=1S/C21H23NO6/c1-3-22(12-15-5-7-18-19(11-15)27-9-8-26-18)20(24)13-28-21(25)16-6-4-14(2)10-17(16)23/h4-7,10-11,23H,3,8-9,12-13H2,1-2H3. The average Bonchev–Trinajstić information content (AvgIpc) is 2.69. The molecule has 28 heavy (non-hydrogen) atoms. The third-order valence-corrected chi connectivity index (χ3v) is 4.41. The minimum Gasteiger partial charge on any atom is -0.507 e. The molecule has 1 aliphatic heterocycles. The van der Waals surface area contributed by atoms with E-state index in [0.717, 1.165) is 11.1 Å². The molecule has 1 N–H and O–H groups in total. The largest absolute Gasteiger partial charge is 0.507 e. The van der Waals surface area contributed by atoms with Crippen molar-refractivity contribution < 1.29 is 28.9 Å². The number of fused-ring (bicyclic) bond motifs is 1. The zero-order chi connectivity index (χ0) is 20.1. The molecular formula is C21H23NO6. The highest BCUT2D eigenvalue weighted by Crippen LogP contribution is 2.31. The predicted molar refractivity (Wildman–Crippen MR) is 102 cm³/mol. The molecule has 0 aliphatic carbocycles. The Morgan fingerprint density at radius 2 is 1.86 bits per heavy atom. The molecule has 0 atom stereocenters. The van der Waals surface area contributed by atoms with Crippen molar-refractivity contribution in [3.05, 3.63) is 53.1 Å². The van der Waals surface area contributed by atoms with Gasteiger partial charge in [-0.1, -0.05) is 12.1 Å². The second-order valence-electron chi connectivity index (χ2n) is 6.48. The minimum absolute atomic E-state index is 0.0354. The molecule has 0 aromatic heterocycles. The average molecular weight is 385 g/mol. The van der Waals surface area contributed by atoms with E-state index in [1.54, 1.807) is 17.9 Å². The summed E-state index contributed by atoms with van der Waals surface area (Å²) in [5.41, 5.74) is 1.75. The van der Waals surface area contributed by atoms with Crippen molar-refractivity contribution in [3.63, 3.8) is 0 Å². The van der Waals surface area contributed by atoms with Gasteiger partial charge in [-0.05, 0) is 49.2 Å². The van der Waals surface area contributed by atoms with Crippen LogP contribution in [0.2, 0.25) is 0 Å². The van der Waals surface area contributed by atoms with E-state index in [4.69, 9.17) is 14.2 Å². The van der Waals surface area contributed by atoms with Crippen LogP contribution >= 0.6 is 0 Å². The number of aryl methyl sites for hydroxylation is 1. The first-order valence-corrected chi connectivity index (χ1v) is 9.11. The molecule has 0 saturated heterocycles. The third-order valence-electron chi connectivity index (χ3n) is 4.41. The molecule has 0 unspecified atom stereocenters. The Morgan fingerprint density at radius 1 is 1.11 bits per heavy atom. The fraction of sp³-hybridized carbons (Fsp3) is 0.333. The fourth-order valence-electron chi connectivity index (χ4n) is 2.89. The zero-order valence-corrected chi connectivity index (χ0v) is 15.9. The maximum absolute atomic E-state index is 12.5. The predicted octanol–water partition coefficient (Wildman–Crippen LogP) is 2.68. The van der Waals surface area contributed by atoms with Crippen LogP contribution in [0, 0.1) is 6.92 Å². The van der Waals surface area contributed by atoms with Gasteiger partial charge in [0.1, 0.15) is 24.5 Å². The highest BCUT2D eigenvalue weighted by Gasteiger charge is 2.19. The summed E-state index contributed by atoms with van der Waals surface area (Å²) < 4.78 is 16.2. The number of ether oxygens (including phenoxy) is 3. The number of esters is 1. The number of aromatic hydroxyl groups is 1. The molecule has 2 aromatic rings. The molecule has 1 amide bonds. The molecular weight excluding hydrogens is 362 g/mol. The smallest absolute Gasteiger partial charge is 0.342 e. The van der Waals surface area contributed by atoms with E-state index in [0.29, 0.717) is 37.8 Å². The Balaban J connectivity index is 1.59. The van der Waals surface area contributed by atoms with Crippen LogP contribution in [0.1, 0.15) is 28.4 Å². The first-order valence-electron chi connectivity index (χ1n) is 9.11. The van der Waals surface area contributed by atoms with E-state index in [9.17, 15) is 14.7 Å². The Labute approximate surface area is 163 Å². The topological polar surface area (TPSA) is 85.3 Å². The molecule has 7 nitrogen and oxygen atoms in total. The van der Waals surface area contributed by atoms with E-state index < -0.39 is 12.6 Å². The molecule has 1 aliphatic rings. The third kappa shape index (κ3) is 4.54. The van der Waals surface area contributed by atoms with Crippen molar-refractivity contribution in [1.82, 2.24) is 4.90 Å². The maximum atomic E-state index is 12.5. The summed E-state index contributed by atoms with van der Waals surface area (Å²) >= 11 is 0. The van der Waals surface area contributed by atoms with Crippen LogP contribution in [0.3, 0.4) is 0 Å². The van der Waals surface area contributed by atoms with Crippen molar-refractivity contribution in [3.8, 4) is 17.2 Å². The Hall–Kier alpha value is -3.22. The molecule has 1 heterocycles. The number of likely N-dealkylation sites (N-methyl/N-ethyl adjacent to an activating group) is 1. The lowest BCUT2D eigenvalue weighted by atomic mass is 10.1. The normalized spacial score (nSPS) is 12.4. The summed E-state index contributed by atoms with van der Waals surface area (Å²) in [4.78, 5) is 26.2. The summed E-state index contributed by atoms with van der Waals surface area (Å²) in [7, 11) is 0. The van der Waals surface area contributed by atoms with E-state index in [2.05, 4.69) is 0 Å². The Morgan fingerprint density at radius 3 is 2.57 bits per heavy atom. The highest BCUT2D eigenvalue weighted by molar-refractivity contribution is 5.93. The summed E-state index contributed by atoms with van der Waals surface area (Å²) in [5, 5.41) is 9.86. The van der Waals surface area contributed by atoms with Crippen LogP contribution in [0.4, 0.5) is 0 Å². The minimum atomic E-state index is -0.735. The second-order valence-corrected chi connectivity index (χ2v) is 6.48. The number of hydrogen-bond acceptors (Lipinski definition) is 6. The number of benzene rings is 2. The lowest BCUT2D eigenvalue weighted by Crippen LogP contribution is -2.34. The van der Waals surface area contributed by atoms with E-state index in [-0.39, 0.29) is 17.2 Å². The van der Waals surface area contributed by atoms with E-state index in [1.165, 1.54) is 12.1 Å². The summed E-state index contributed by atoms with van der Waals surface area (Å²) in [6.07, 6.45) is 0. The summed E-state index contributed by atoms with van der Waals surface area (Å²) in [5.74, 6) is 0.129. The van der Waals surface area contributed by atoms with Gasteiger partial charge in [-0.3, -0.25) is 4.79 Å². The number of phenols is 1. The fourth-order valence-corrected chi connectivity index (χ4v) is 2.89. The molecule has 7 heteroatoms. The van der Waals surface area contributed by atoms with Gasteiger partial charge in [0, 0.05) is 13.1 Å². The lowest BCUT2D eigenvalue weighted by molar-refractivity contribution is -0.134. The van der Waals surface area contributed by atoms with Crippen LogP contribution in [0.15, 0.2) is 36.4 Å². The molecule has 148 valence electrons. The van der Waals surface area contributed by atoms with Gasteiger partial charge in [-0.2, -0.15) is 0 Å². The van der Waals surface area contributed by atoms with Crippen LogP contribution < -0.4 is 9.47 Å². The van der Waals surface area contributed by atoms with Gasteiger partial charge < -0.3 is 24.2 Å². The first kappa shape index (κ1) is 19.5. The van der Waals surface area contributed by atoms with Crippen molar-refractivity contribution in [2.75, 3.05) is 26.4 Å². The van der Waals surface area contributed by atoms with Gasteiger partial charge in [0.05, 0.1) is 0 Å². The Bertz CT molecular complexity index is 879. The SMILES string of the molecule is CCN(Cc1ccc2c(c1)OCCO2)C(=O)COC(=O)c1ccc(C)cc1O. The number of phenolic OH excluding ortho intramolecular Hbond substituents is 1. The number of carbonyl (C=O) groups is 2. The van der Waals surface area contributed by atoms with Gasteiger partial charge in [-0.15, -0.1) is 0 Å². The van der Waals surface area contributed by atoms with E-state index in [1.807, 2.05) is 25.1 Å². The van der Waals surface area contributed by atoms with Crippen molar-refractivity contribution in [1.29, 1.82) is 0 Å². The molecule has 0 spiro atoms. The summed E-state index contributed by atoms with van der Waals surface area (Å²) in [6.45, 7) is 5.09. The number of nitrogens with zero attached hydrogens (tertiary/aromatic N) is 1. The van der Waals surface area contributed by atoms with Gasteiger partial charge >= 0.3 is 5.97 Å². The lowest BCUT2D eigenvalue weighted by Gasteiger charge is -2.23. The molecule has 0 saturated carbocycles. The molecule has 0 radical (unpaired) electrons. The van der Waals surface area contributed by atoms with Crippen molar-refractivity contribution in [2.24, 2.45) is 0 Å². The van der Waals surface area contributed by atoms with Crippen LogP contribution in [0.25, 0.3) is 0 Å². The monoisotopic (exact) mass is 385 g/mol. The van der Waals surface area contributed by atoms with Crippen molar-refractivity contribution >= 4 is 11.9 Å². The number of carbonyl (C=O) groups excluding carboxylic acids is 2. The molecule has 2 aromatic carbocycles. The number of amides is 1. The number of rotatable bonds is 6. The van der Waals surface area contributed by atoms with Gasteiger partial charge in [0.2, 0.25) is 0 Å². The molecule has 0 fully saturated rings. The maximum Gasteiger partial charge on any atom is 0.342 e. The highest BCUT2D eigenvalue weighted by atomic mass is 16.6. The molecule has 0 bridgehead atoms. The van der Waals surface area contributed by atoms with Gasteiger partial charge in [0.25, 0.3) is 5.91 Å². The first-order chi connectivity index (χ1) is 13.5. The van der Waals surface area contributed by atoms with Gasteiger partial charge in [-0.25, -0.2) is 4.79 Å². The van der Waals surface area contributed by atoms with Gasteiger partial charge in [0.15, 0.2) is 18.1 Å². The Kier molecular flexibility index (Phi) is 6.03. The van der Waals surface area contributed by atoms with Crippen LogP contribution in [0.5, 0.6) is 17.2 Å². The number of hydrogen-bond donors (Lipinski definition) is 1. The van der Waals surface area contributed by atoms with Crippen LogP contribution in [-0.4, -0.2) is 48.2 Å². The van der Waals surface area contributed by atoms with Crippen LogP contribution in [-0.2, 0) is 16.1 Å². The molecule has 3 rings (SSSR count). The second kappa shape index (κ2) is 8.65. The summed E-state index contributed by atoms with van der Waals surface area (Å²) in [6, 6.07) is 10.2. The van der Waals surface area contributed by atoms with Crippen molar-refractivity contribution in [2.45, 2.75) is 20.4 Å². The van der Waals surface area contributed by atoms with E-state index >= 15 is 0 Å². The quantitative estimate of drug-likeness (QED) is 0.770. The zero-order valence-electron chi connectivity index (χ0n) is 15.9.